The van der Waals surface area contributed by atoms with E-state index in [0.29, 0.717) is 18.0 Å². The first-order chi connectivity index (χ1) is 16.8. The van der Waals surface area contributed by atoms with Gasteiger partial charge in [0.15, 0.2) is 15.6 Å². The van der Waals surface area contributed by atoms with E-state index in [9.17, 15) is 18.5 Å². The van der Waals surface area contributed by atoms with Crippen molar-refractivity contribution in [1.82, 2.24) is 14.5 Å². The van der Waals surface area contributed by atoms with Crippen LogP contribution in [-0.2, 0) is 22.9 Å². The van der Waals surface area contributed by atoms with Gasteiger partial charge in [0, 0.05) is 37.5 Å². The fourth-order valence-corrected chi connectivity index (χ4v) is 5.76. The Morgan fingerprint density at radius 3 is 2.51 bits per heavy atom. The Balaban J connectivity index is 1.35. The molecule has 10 heteroatoms. The van der Waals surface area contributed by atoms with Gasteiger partial charge in [-0.25, -0.2) is 13.4 Å². The lowest BCUT2D eigenvalue weighted by molar-refractivity contribution is -0.385. The number of piperidine rings is 1. The van der Waals surface area contributed by atoms with Crippen molar-refractivity contribution in [2.45, 2.75) is 43.7 Å². The molecule has 0 unspecified atom stereocenters. The molecular weight excluding hydrogens is 468 g/mol. The van der Waals surface area contributed by atoms with E-state index in [1.165, 1.54) is 7.11 Å². The molecule has 0 saturated carbocycles. The third-order valence-corrected chi connectivity index (χ3v) is 8.24. The van der Waals surface area contributed by atoms with Crippen molar-refractivity contribution in [1.29, 1.82) is 0 Å². The Hall–Kier alpha value is -3.24. The molecule has 0 N–H and O–H groups in total. The molecule has 186 valence electrons. The van der Waals surface area contributed by atoms with Gasteiger partial charge in [-0.15, -0.1) is 0 Å². The second-order valence-electron chi connectivity index (χ2n) is 8.92. The lowest BCUT2D eigenvalue weighted by atomic mass is 9.95. The van der Waals surface area contributed by atoms with Gasteiger partial charge in [-0.3, -0.25) is 15.0 Å². The van der Waals surface area contributed by atoms with Crippen LogP contribution >= 0.6 is 0 Å². The Labute approximate surface area is 205 Å². The second kappa shape index (κ2) is 10.6. The number of aryl methyl sites for hydroxylation is 2. The standard InChI is InChI=1S/C25H30N4O5S/c1-19-3-6-22(7-4-19)35(32,33)16-15-28-14-11-26-25(28)21-9-12-27(13-10-21)18-20-5-8-24(34-2)23(17-20)29(30)31/h3-8,11,14,17,21H,9-10,12-13,15-16,18H2,1-2H3. The number of likely N-dealkylation sites (tertiary alicyclic amines) is 1. The summed E-state index contributed by atoms with van der Waals surface area (Å²) < 4.78 is 32.6. The summed E-state index contributed by atoms with van der Waals surface area (Å²) in [4.78, 5) is 18.0. The van der Waals surface area contributed by atoms with Gasteiger partial charge in [0.05, 0.1) is 22.7 Å². The van der Waals surface area contributed by atoms with E-state index in [2.05, 4.69) is 9.88 Å². The van der Waals surface area contributed by atoms with Crippen LogP contribution in [0.15, 0.2) is 59.8 Å². The molecule has 4 rings (SSSR count). The molecule has 0 atom stereocenters. The minimum atomic E-state index is -3.37. The van der Waals surface area contributed by atoms with E-state index in [1.54, 1.807) is 30.5 Å². The van der Waals surface area contributed by atoms with E-state index >= 15 is 0 Å². The number of nitro groups is 1. The first-order valence-electron chi connectivity index (χ1n) is 11.6. The average molecular weight is 499 g/mol. The summed E-state index contributed by atoms with van der Waals surface area (Å²) in [6, 6.07) is 12.0. The zero-order valence-corrected chi connectivity index (χ0v) is 20.8. The number of methoxy groups -OCH3 is 1. The highest BCUT2D eigenvalue weighted by Gasteiger charge is 2.25. The fraction of sp³-hybridized carbons (Fsp3) is 0.400. The maximum atomic E-state index is 12.8. The lowest BCUT2D eigenvalue weighted by Crippen LogP contribution is -2.33. The minimum Gasteiger partial charge on any atom is -0.490 e. The number of benzene rings is 2. The van der Waals surface area contributed by atoms with Crippen LogP contribution in [0.1, 0.15) is 35.7 Å². The monoisotopic (exact) mass is 498 g/mol. The van der Waals surface area contributed by atoms with Gasteiger partial charge >= 0.3 is 5.69 Å². The number of ether oxygens (including phenoxy) is 1. The third kappa shape index (κ3) is 5.88. The summed E-state index contributed by atoms with van der Waals surface area (Å²) in [5.74, 6) is 1.44. The number of imidazole rings is 1. The van der Waals surface area contributed by atoms with Crippen LogP contribution in [0.5, 0.6) is 5.75 Å². The molecule has 2 heterocycles. The average Bonchev–Trinajstić information content (AvgIpc) is 3.32. The van der Waals surface area contributed by atoms with Gasteiger partial charge in [-0.1, -0.05) is 23.8 Å². The molecule has 0 radical (unpaired) electrons. The molecule has 9 nitrogen and oxygen atoms in total. The maximum Gasteiger partial charge on any atom is 0.311 e. The van der Waals surface area contributed by atoms with Crippen LogP contribution in [-0.4, -0.2) is 53.7 Å². The van der Waals surface area contributed by atoms with E-state index in [0.717, 1.165) is 42.9 Å². The Morgan fingerprint density at radius 2 is 1.86 bits per heavy atom. The number of hydrogen-bond acceptors (Lipinski definition) is 7. The summed E-state index contributed by atoms with van der Waals surface area (Å²) >= 11 is 0. The lowest BCUT2D eigenvalue weighted by Gasteiger charge is -2.32. The molecule has 0 spiro atoms. The Morgan fingerprint density at radius 1 is 1.14 bits per heavy atom. The zero-order chi connectivity index (χ0) is 25.0. The highest BCUT2D eigenvalue weighted by atomic mass is 32.2. The predicted molar refractivity (Wildman–Crippen MR) is 132 cm³/mol. The molecule has 1 saturated heterocycles. The normalized spacial score (nSPS) is 15.3. The van der Waals surface area contributed by atoms with E-state index in [4.69, 9.17) is 4.74 Å². The third-order valence-electron chi connectivity index (χ3n) is 6.53. The highest BCUT2D eigenvalue weighted by molar-refractivity contribution is 7.91. The quantitative estimate of drug-likeness (QED) is 0.325. The Bertz CT molecular complexity index is 1280. The maximum absolute atomic E-state index is 12.8. The molecule has 2 aromatic carbocycles. The van der Waals surface area contributed by atoms with Crippen LogP contribution in [0.25, 0.3) is 0 Å². The minimum absolute atomic E-state index is 0.0223. The summed E-state index contributed by atoms with van der Waals surface area (Å²) in [5, 5.41) is 11.3. The molecule has 0 bridgehead atoms. The molecule has 0 amide bonds. The van der Waals surface area contributed by atoms with Gasteiger partial charge in [0.25, 0.3) is 0 Å². The van der Waals surface area contributed by atoms with Crippen LogP contribution in [0.3, 0.4) is 0 Å². The van der Waals surface area contributed by atoms with Crippen LogP contribution in [0, 0.1) is 17.0 Å². The van der Waals surface area contributed by atoms with Gasteiger partial charge in [0.2, 0.25) is 0 Å². The number of sulfone groups is 1. The van der Waals surface area contributed by atoms with Crippen LogP contribution < -0.4 is 4.74 Å². The molecule has 1 aliphatic rings. The molecular formula is C25H30N4O5S. The van der Waals surface area contributed by atoms with Gasteiger partial charge < -0.3 is 9.30 Å². The zero-order valence-electron chi connectivity index (χ0n) is 20.0. The predicted octanol–water partition coefficient (Wildman–Crippen LogP) is 3.96. The molecule has 3 aromatic rings. The summed E-state index contributed by atoms with van der Waals surface area (Å²) in [6.07, 6.45) is 5.36. The number of nitrogens with zero attached hydrogens (tertiary/aromatic N) is 4. The molecule has 1 aliphatic heterocycles. The van der Waals surface area contributed by atoms with Crippen molar-refractivity contribution in [2.24, 2.45) is 0 Å². The largest absolute Gasteiger partial charge is 0.490 e. The molecule has 35 heavy (non-hydrogen) atoms. The second-order valence-corrected chi connectivity index (χ2v) is 11.0. The molecule has 1 fully saturated rings. The van der Waals surface area contributed by atoms with Crippen molar-refractivity contribution >= 4 is 15.5 Å². The number of rotatable bonds is 9. The smallest absolute Gasteiger partial charge is 0.311 e. The topological polar surface area (TPSA) is 108 Å². The van der Waals surface area contributed by atoms with Gasteiger partial charge in [-0.05, 0) is 56.6 Å². The Kier molecular flexibility index (Phi) is 7.51. The van der Waals surface area contributed by atoms with Crippen LogP contribution in [0.4, 0.5) is 5.69 Å². The fourth-order valence-electron chi connectivity index (χ4n) is 4.54. The number of hydrogen-bond donors (Lipinski definition) is 0. The van der Waals surface area contributed by atoms with Crippen molar-refractivity contribution in [2.75, 3.05) is 26.0 Å². The summed E-state index contributed by atoms with van der Waals surface area (Å²) in [7, 11) is -1.95. The van der Waals surface area contributed by atoms with Crippen molar-refractivity contribution in [3.63, 3.8) is 0 Å². The van der Waals surface area contributed by atoms with Crippen molar-refractivity contribution in [3.8, 4) is 5.75 Å². The first kappa shape index (κ1) is 24.9. The summed E-state index contributed by atoms with van der Waals surface area (Å²) in [6.45, 7) is 4.58. The molecule has 1 aromatic heterocycles. The van der Waals surface area contributed by atoms with Gasteiger partial charge in [0.1, 0.15) is 5.82 Å². The molecule has 0 aliphatic carbocycles. The van der Waals surface area contributed by atoms with Crippen molar-refractivity contribution in [3.05, 3.63) is 81.9 Å². The number of nitro benzene ring substituents is 1. The SMILES string of the molecule is COc1ccc(CN2CCC(c3nccn3CCS(=O)(=O)c3ccc(C)cc3)CC2)cc1[N+](=O)[O-]. The number of aromatic nitrogens is 2. The first-order valence-corrected chi connectivity index (χ1v) is 13.3. The van der Waals surface area contributed by atoms with E-state index < -0.39 is 14.8 Å². The van der Waals surface area contributed by atoms with Gasteiger partial charge in [-0.2, -0.15) is 0 Å². The van der Waals surface area contributed by atoms with E-state index in [-0.39, 0.29) is 23.1 Å². The van der Waals surface area contributed by atoms with Crippen molar-refractivity contribution < 1.29 is 18.1 Å². The highest BCUT2D eigenvalue weighted by Crippen LogP contribution is 2.31. The van der Waals surface area contributed by atoms with E-state index in [1.807, 2.05) is 35.9 Å². The summed E-state index contributed by atoms with van der Waals surface area (Å²) in [5.41, 5.74) is 1.87. The van der Waals surface area contributed by atoms with Crippen LogP contribution in [0.2, 0.25) is 0 Å².